The lowest BCUT2D eigenvalue weighted by atomic mass is 10.1. The van der Waals surface area contributed by atoms with Gasteiger partial charge >= 0.3 is 5.97 Å². The highest BCUT2D eigenvalue weighted by atomic mass is 16.5. The maximum atomic E-state index is 11.9. The molecule has 1 fully saturated rings. The van der Waals surface area contributed by atoms with Crippen LogP contribution in [0.1, 0.15) is 33.9 Å². The predicted molar refractivity (Wildman–Crippen MR) is 56.6 cm³/mol. The summed E-state index contributed by atoms with van der Waals surface area (Å²) in [6, 6.07) is 1.27. The summed E-state index contributed by atoms with van der Waals surface area (Å²) in [4.78, 5) is 24.1. The van der Waals surface area contributed by atoms with E-state index < -0.39 is 5.97 Å². The quantitative estimate of drug-likeness (QED) is 0.747. The Morgan fingerprint density at radius 1 is 1.47 bits per heavy atom. The van der Waals surface area contributed by atoms with Crippen LogP contribution in [0, 0.1) is 0 Å². The number of hydrogen-bond donors (Lipinski definition) is 2. The summed E-state index contributed by atoms with van der Waals surface area (Å²) in [6.45, 7) is 1.13. The second-order valence-corrected chi connectivity index (χ2v) is 4.01. The number of aromatic nitrogens is 1. The van der Waals surface area contributed by atoms with Crippen molar-refractivity contribution in [3.05, 3.63) is 17.5 Å². The van der Waals surface area contributed by atoms with E-state index in [0.717, 1.165) is 18.9 Å². The van der Waals surface area contributed by atoms with Crippen LogP contribution in [0.25, 0.3) is 0 Å². The van der Waals surface area contributed by atoms with E-state index in [4.69, 9.17) is 10.8 Å². The molecule has 0 spiro atoms. The Morgan fingerprint density at radius 2 is 2.12 bits per heavy atom. The summed E-state index contributed by atoms with van der Waals surface area (Å²) in [6.07, 6.45) is 1.49. The molecule has 7 heteroatoms. The van der Waals surface area contributed by atoms with E-state index in [1.807, 2.05) is 0 Å². The van der Waals surface area contributed by atoms with Gasteiger partial charge in [-0.05, 0) is 12.8 Å². The smallest absolute Gasteiger partial charge is 0.374 e. The number of nitrogens with zero attached hydrogens (tertiary/aromatic N) is 2. The molecular formula is C10H13N3O4. The Bertz CT molecular complexity index is 435. The largest absolute Gasteiger partial charge is 0.475 e. The Labute approximate surface area is 97.2 Å². The summed E-state index contributed by atoms with van der Waals surface area (Å²) < 4.78 is 4.54. The third-order valence-electron chi connectivity index (χ3n) is 2.77. The highest BCUT2D eigenvalue weighted by Gasteiger charge is 2.25. The van der Waals surface area contributed by atoms with Crippen molar-refractivity contribution in [3.8, 4) is 0 Å². The maximum Gasteiger partial charge on any atom is 0.374 e. The number of rotatable bonds is 2. The molecule has 0 atom stereocenters. The van der Waals surface area contributed by atoms with E-state index in [-0.39, 0.29) is 23.4 Å². The van der Waals surface area contributed by atoms with E-state index in [1.54, 1.807) is 4.90 Å². The molecule has 2 rings (SSSR count). The molecule has 1 aliphatic rings. The highest BCUT2D eigenvalue weighted by Crippen LogP contribution is 2.13. The highest BCUT2D eigenvalue weighted by molar-refractivity contribution is 5.94. The molecule has 1 saturated heterocycles. The zero-order valence-corrected chi connectivity index (χ0v) is 9.13. The van der Waals surface area contributed by atoms with Gasteiger partial charge in [-0.2, -0.15) is 0 Å². The van der Waals surface area contributed by atoms with E-state index in [2.05, 4.69) is 9.68 Å². The van der Waals surface area contributed by atoms with Crippen LogP contribution in [-0.4, -0.2) is 46.2 Å². The first-order valence-corrected chi connectivity index (χ1v) is 5.33. The molecule has 1 aromatic heterocycles. The first kappa shape index (κ1) is 11.6. The standard InChI is InChI=1S/C10H13N3O4/c11-6-1-3-13(4-2-6)9(14)7-5-8(10(15)16)17-12-7/h5-6H,1-4,11H2,(H,15,16). The van der Waals surface area contributed by atoms with Gasteiger partial charge in [0.2, 0.25) is 5.76 Å². The van der Waals surface area contributed by atoms with Crippen LogP contribution in [0.4, 0.5) is 0 Å². The lowest BCUT2D eigenvalue weighted by molar-refractivity contribution is 0.0646. The van der Waals surface area contributed by atoms with Crippen molar-refractivity contribution in [3.63, 3.8) is 0 Å². The van der Waals surface area contributed by atoms with Crippen LogP contribution >= 0.6 is 0 Å². The van der Waals surface area contributed by atoms with E-state index in [0.29, 0.717) is 13.1 Å². The van der Waals surface area contributed by atoms with Gasteiger partial charge in [0.1, 0.15) is 0 Å². The molecule has 3 N–H and O–H groups in total. The molecule has 0 radical (unpaired) electrons. The number of hydrogen-bond acceptors (Lipinski definition) is 5. The summed E-state index contributed by atoms with van der Waals surface area (Å²) >= 11 is 0. The molecule has 1 amide bonds. The van der Waals surface area contributed by atoms with Gasteiger partial charge in [-0.1, -0.05) is 5.16 Å². The third kappa shape index (κ3) is 2.44. The van der Waals surface area contributed by atoms with Gasteiger partial charge in [0.15, 0.2) is 5.69 Å². The number of amides is 1. The normalized spacial score (nSPS) is 17.1. The lowest BCUT2D eigenvalue weighted by Crippen LogP contribution is -2.42. The molecule has 0 saturated carbocycles. The Hall–Kier alpha value is -1.89. The average Bonchev–Trinajstić information content (AvgIpc) is 2.78. The minimum atomic E-state index is -1.24. The zero-order chi connectivity index (χ0) is 12.4. The number of nitrogens with two attached hydrogens (primary N) is 1. The van der Waals surface area contributed by atoms with Crippen molar-refractivity contribution in [2.24, 2.45) is 5.73 Å². The van der Waals surface area contributed by atoms with Gasteiger partial charge in [-0.15, -0.1) is 0 Å². The summed E-state index contributed by atoms with van der Waals surface area (Å²) in [7, 11) is 0. The molecule has 0 bridgehead atoms. The zero-order valence-electron chi connectivity index (χ0n) is 9.13. The fraction of sp³-hybridized carbons (Fsp3) is 0.500. The summed E-state index contributed by atoms with van der Waals surface area (Å²) in [5.41, 5.74) is 5.76. The Balaban J connectivity index is 2.06. The number of piperidine rings is 1. The van der Waals surface area contributed by atoms with Crippen molar-refractivity contribution >= 4 is 11.9 Å². The number of carbonyl (C=O) groups is 2. The SMILES string of the molecule is NC1CCN(C(=O)c2cc(C(=O)O)on2)CC1. The van der Waals surface area contributed by atoms with Crippen LogP contribution in [0.15, 0.2) is 10.6 Å². The fourth-order valence-corrected chi connectivity index (χ4v) is 1.74. The van der Waals surface area contributed by atoms with Gasteiger partial charge in [0.25, 0.3) is 5.91 Å². The molecule has 7 nitrogen and oxygen atoms in total. The first-order chi connectivity index (χ1) is 8.08. The van der Waals surface area contributed by atoms with Crippen LogP contribution in [-0.2, 0) is 0 Å². The van der Waals surface area contributed by atoms with Crippen LogP contribution < -0.4 is 5.73 Å². The first-order valence-electron chi connectivity index (χ1n) is 5.33. The van der Waals surface area contributed by atoms with Gasteiger partial charge in [-0.3, -0.25) is 4.79 Å². The van der Waals surface area contributed by atoms with Crippen molar-refractivity contribution in [2.45, 2.75) is 18.9 Å². The number of likely N-dealkylation sites (tertiary alicyclic amines) is 1. The number of carboxylic acid groups (broad SMARTS) is 1. The minimum absolute atomic E-state index is 0.0258. The fourth-order valence-electron chi connectivity index (χ4n) is 1.74. The molecule has 17 heavy (non-hydrogen) atoms. The number of carboxylic acids is 1. The molecule has 0 unspecified atom stereocenters. The van der Waals surface area contributed by atoms with Crippen molar-refractivity contribution in [1.82, 2.24) is 10.1 Å². The van der Waals surface area contributed by atoms with Gasteiger partial charge in [0, 0.05) is 25.2 Å². The van der Waals surface area contributed by atoms with E-state index in [9.17, 15) is 9.59 Å². The van der Waals surface area contributed by atoms with E-state index in [1.165, 1.54) is 0 Å². The monoisotopic (exact) mass is 239 g/mol. The van der Waals surface area contributed by atoms with Gasteiger partial charge in [-0.25, -0.2) is 4.79 Å². The molecule has 1 aliphatic heterocycles. The molecule has 2 heterocycles. The average molecular weight is 239 g/mol. The van der Waals surface area contributed by atoms with Crippen molar-refractivity contribution in [2.75, 3.05) is 13.1 Å². The van der Waals surface area contributed by atoms with E-state index >= 15 is 0 Å². The molecular weight excluding hydrogens is 226 g/mol. The topological polar surface area (TPSA) is 110 Å². The van der Waals surface area contributed by atoms with Crippen molar-refractivity contribution < 1.29 is 19.2 Å². The molecule has 0 aromatic carbocycles. The van der Waals surface area contributed by atoms with Crippen molar-refractivity contribution in [1.29, 1.82) is 0 Å². The Kier molecular flexibility index (Phi) is 3.10. The summed E-state index contributed by atoms with van der Waals surface area (Å²) in [5, 5.41) is 12.1. The van der Waals surface area contributed by atoms with Gasteiger partial charge < -0.3 is 20.3 Å². The Morgan fingerprint density at radius 3 is 2.65 bits per heavy atom. The van der Waals surface area contributed by atoms with Gasteiger partial charge in [0.05, 0.1) is 0 Å². The van der Waals surface area contributed by atoms with Crippen LogP contribution in [0.5, 0.6) is 0 Å². The number of aromatic carboxylic acids is 1. The number of carbonyl (C=O) groups excluding carboxylic acids is 1. The molecule has 92 valence electrons. The van der Waals surface area contributed by atoms with Crippen LogP contribution in [0.3, 0.4) is 0 Å². The predicted octanol–water partition coefficient (Wildman–Crippen LogP) is -0.0639. The molecule has 1 aromatic rings. The second kappa shape index (κ2) is 4.54. The van der Waals surface area contributed by atoms with Crippen LogP contribution in [0.2, 0.25) is 0 Å². The summed E-state index contributed by atoms with van der Waals surface area (Å²) in [5.74, 6) is -1.88. The second-order valence-electron chi connectivity index (χ2n) is 4.01. The lowest BCUT2D eigenvalue weighted by Gasteiger charge is -2.29. The maximum absolute atomic E-state index is 11.9. The minimum Gasteiger partial charge on any atom is -0.475 e. The molecule has 0 aliphatic carbocycles. The third-order valence-corrected chi connectivity index (χ3v) is 2.77.